The van der Waals surface area contributed by atoms with Crippen LogP contribution in [0.2, 0.25) is 0 Å². The van der Waals surface area contributed by atoms with Crippen molar-refractivity contribution in [2.24, 2.45) is 0 Å². The molecule has 3 heterocycles. The molecular weight excluding hydrogens is 324 g/mol. The zero-order valence-corrected chi connectivity index (χ0v) is 13.3. The summed E-state index contributed by atoms with van der Waals surface area (Å²) in [4.78, 5) is 4.45. The lowest BCUT2D eigenvalue weighted by molar-refractivity contribution is 0.475. The third-order valence-corrected chi connectivity index (χ3v) is 5.14. The van der Waals surface area contributed by atoms with Crippen LogP contribution in [0.15, 0.2) is 16.0 Å². The Labute approximate surface area is 125 Å². The van der Waals surface area contributed by atoms with E-state index in [9.17, 15) is 0 Å². The molecule has 102 valence electrons. The van der Waals surface area contributed by atoms with Crippen molar-refractivity contribution in [3.63, 3.8) is 0 Å². The number of unbranched alkanes of at least 4 members (excludes halogenated alkanes) is 1. The second kappa shape index (κ2) is 5.63. The minimum absolute atomic E-state index is 0.280. The van der Waals surface area contributed by atoms with Gasteiger partial charge in [-0.3, -0.25) is 0 Å². The summed E-state index contributed by atoms with van der Waals surface area (Å²) in [6.45, 7) is 3.18. The van der Waals surface area contributed by atoms with Crippen molar-refractivity contribution in [3.05, 3.63) is 26.8 Å². The normalized spacial score (nSPS) is 18.1. The molecule has 3 rings (SSSR count). The zero-order chi connectivity index (χ0) is 13.2. The predicted octanol–water partition coefficient (Wildman–Crippen LogP) is 3.85. The summed E-state index contributed by atoms with van der Waals surface area (Å²) in [6.07, 6.45) is 6.32. The van der Waals surface area contributed by atoms with Crippen LogP contribution >= 0.6 is 27.3 Å². The molecular formula is C13H17BrN4S. The molecule has 2 aromatic rings. The van der Waals surface area contributed by atoms with Crippen molar-refractivity contribution in [2.45, 2.75) is 38.6 Å². The topological polar surface area (TPSA) is 42.7 Å². The van der Waals surface area contributed by atoms with E-state index in [0.29, 0.717) is 0 Å². The highest BCUT2D eigenvalue weighted by Crippen LogP contribution is 2.36. The Hall–Kier alpha value is -0.880. The molecule has 1 N–H and O–H groups in total. The Bertz CT molecular complexity index is 549. The first-order chi connectivity index (χ1) is 9.31. The summed E-state index contributed by atoms with van der Waals surface area (Å²) < 4.78 is 3.24. The summed E-state index contributed by atoms with van der Waals surface area (Å²) in [5.74, 6) is 1.11. The average Bonchev–Trinajstić information content (AvgIpc) is 3.05. The van der Waals surface area contributed by atoms with Crippen molar-refractivity contribution < 1.29 is 0 Å². The van der Waals surface area contributed by atoms with Crippen LogP contribution in [0.3, 0.4) is 0 Å². The Morgan fingerprint density at radius 1 is 1.58 bits per heavy atom. The summed E-state index contributed by atoms with van der Waals surface area (Å²) in [5, 5.41) is 11.4. The van der Waals surface area contributed by atoms with Gasteiger partial charge in [0.05, 0.1) is 10.2 Å². The van der Waals surface area contributed by atoms with Crippen LogP contribution in [-0.2, 0) is 6.42 Å². The lowest BCUT2D eigenvalue weighted by atomic mass is 10.2. The lowest BCUT2D eigenvalue weighted by Crippen LogP contribution is -2.24. The number of nitrogens with zero attached hydrogens (tertiary/aromatic N) is 3. The first-order valence-electron chi connectivity index (χ1n) is 6.71. The monoisotopic (exact) mass is 340 g/mol. The van der Waals surface area contributed by atoms with Gasteiger partial charge in [-0.05, 0) is 35.2 Å². The van der Waals surface area contributed by atoms with E-state index >= 15 is 0 Å². The minimum Gasteiger partial charge on any atom is -0.369 e. The van der Waals surface area contributed by atoms with Gasteiger partial charge < -0.3 is 5.32 Å². The number of rotatable bonds is 4. The van der Waals surface area contributed by atoms with Gasteiger partial charge in [0.2, 0.25) is 0 Å². The number of nitrogens with one attached hydrogen (secondary N) is 1. The molecule has 1 atom stereocenters. The number of fused-ring (bicyclic) bond motifs is 1. The highest BCUT2D eigenvalue weighted by Gasteiger charge is 2.27. The lowest BCUT2D eigenvalue weighted by Gasteiger charge is -2.24. The van der Waals surface area contributed by atoms with Gasteiger partial charge in [0.15, 0.2) is 0 Å². The molecule has 1 unspecified atom stereocenters. The van der Waals surface area contributed by atoms with Gasteiger partial charge in [0.1, 0.15) is 16.9 Å². The molecule has 0 spiro atoms. The van der Waals surface area contributed by atoms with E-state index in [1.807, 2.05) is 11.6 Å². The van der Waals surface area contributed by atoms with E-state index in [2.05, 4.69) is 37.8 Å². The van der Waals surface area contributed by atoms with Crippen molar-refractivity contribution in [2.75, 3.05) is 11.9 Å². The van der Waals surface area contributed by atoms with E-state index < -0.39 is 0 Å². The quantitative estimate of drug-likeness (QED) is 0.919. The van der Waals surface area contributed by atoms with Crippen molar-refractivity contribution in [1.82, 2.24) is 14.8 Å². The van der Waals surface area contributed by atoms with Crippen molar-refractivity contribution in [1.29, 1.82) is 0 Å². The maximum absolute atomic E-state index is 4.80. The second-order valence-electron chi connectivity index (χ2n) is 4.76. The maximum Gasteiger partial charge on any atom is 0.139 e. The molecule has 1 aliphatic rings. The summed E-state index contributed by atoms with van der Waals surface area (Å²) >= 11 is 5.41. The molecule has 0 saturated carbocycles. The number of hydrogen-bond acceptors (Lipinski definition) is 4. The molecule has 0 radical (unpaired) electrons. The number of aromatic nitrogens is 3. The second-order valence-corrected chi connectivity index (χ2v) is 6.48. The summed E-state index contributed by atoms with van der Waals surface area (Å²) in [7, 11) is 0. The highest BCUT2D eigenvalue weighted by molar-refractivity contribution is 9.10. The molecule has 0 fully saturated rings. The predicted molar refractivity (Wildman–Crippen MR) is 81.9 cm³/mol. The standard InChI is InChI=1S/C13H17BrN4S/c1-2-3-4-9-11(14)12-15-6-5-10(18(12)17-9)13-16-7-8-19-13/h7-8,10,15H,2-6H2,1H3. The highest BCUT2D eigenvalue weighted by atomic mass is 79.9. The number of hydrogen-bond donors (Lipinski definition) is 1. The molecule has 0 aromatic carbocycles. The molecule has 2 aromatic heterocycles. The van der Waals surface area contributed by atoms with E-state index in [-0.39, 0.29) is 6.04 Å². The van der Waals surface area contributed by atoms with Gasteiger partial charge in [-0.15, -0.1) is 11.3 Å². The van der Waals surface area contributed by atoms with E-state index in [1.165, 1.54) is 12.8 Å². The van der Waals surface area contributed by atoms with E-state index in [4.69, 9.17) is 5.10 Å². The largest absolute Gasteiger partial charge is 0.369 e. The fraction of sp³-hybridized carbons (Fsp3) is 0.538. The van der Waals surface area contributed by atoms with Gasteiger partial charge in [-0.1, -0.05) is 13.3 Å². The Morgan fingerprint density at radius 3 is 3.21 bits per heavy atom. The van der Waals surface area contributed by atoms with Crippen LogP contribution in [-0.4, -0.2) is 21.3 Å². The summed E-state index contributed by atoms with van der Waals surface area (Å²) in [6, 6.07) is 0.280. The summed E-state index contributed by atoms with van der Waals surface area (Å²) in [5.41, 5.74) is 1.16. The van der Waals surface area contributed by atoms with Gasteiger partial charge in [0, 0.05) is 18.1 Å². The molecule has 0 saturated heterocycles. The third kappa shape index (κ3) is 2.43. The van der Waals surface area contributed by atoms with Crippen molar-refractivity contribution in [3.8, 4) is 0 Å². The third-order valence-electron chi connectivity index (χ3n) is 3.43. The fourth-order valence-corrected chi connectivity index (χ4v) is 3.78. The van der Waals surface area contributed by atoms with Crippen LogP contribution in [0.1, 0.15) is 42.9 Å². The molecule has 0 bridgehead atoms. The Balaban J connectivity index is 1.96. The van der Waals surface area contributed by atoms with Crippen LogP contribution in [0.25, 0.3) is 0 Å². The van der Waals surface area contributed by atoms with Crippen LogP contribution < -0.4 is 5.32 Å². The maximum atomic E-state index is 4.80. The molecule has 0 aliphatic carbocycles. The van der Waals surface area contributed by atoms with Crippen LogP contribution in [0.4, 0.5) is 5.82 Å². The average molecular weight is 341 g/mol. The minimum atomic E-state index is 0.280. The number of thiazole rings is 1. The van der Waals surface area contributed by atoms with Gasteiger partial charge in [0.25, 0.3) is 0 Å². The first-order valence-corrected chi connectivity index (χ1v) is 8.38. The SMILES string of the molecule is CCCCc1nn2c(c1Br)NCCC2c1nccs1. The fourth-order valence-electron chi connectivity index (χ4n) is 2.43. The van der Waals surface area contributed by atoms with Gasteiger partial charge >= 0.3 is 0 Å². The van der Waals surface area contributed by atoms with E-state index in [1.54, 1.807) is 11.3 Å². The molecule has 6 heteroatoms. The van der Waals surface area contributed by atoms with E-state index in [0.717, 1.165) is 40.4 Å². The molecule has 19 heavy (non-hydrogen) atoms. The number of aryl methyl sites for hydroxylation is 1. The smallest absolute Gasteiger partial charge is 0.139 e. The molecule has 0 amide bonds. The first kappa shape index (κ1) is 13.1. The Morgan fingerprint density at radius 2 is 2.47 bits per heavy atom. The number of halogens is 1. The van der Waals surface area contributed by atoms with Gasteiger partial charge in [-0.2, -0.15) is 5.10 Å². The Kier molecular flexibility index (Phi) is 3.88. The van der Waals surface area contributed by atoms with Gasteiger partial charge in [-0.25, -0.2) is 9.67 Å². The number of anilines is 1. The van der Waals surface area contributed by atoms with Crippen LogP contribution in [0.5, 0.6) is 0 Å². The molecule has 4 nitrogen and oxygen atoms in total. The zero-order valence-electron chi connectivity index (χ0n) is 10.9. The van der Waals surface area contributed by atoms with Crippen LogP contribution in [0, 0.1) is 0 Å². The molecule has 1 aliphatic heterocycles. The van der Waals surface area contributed by atoms with Crippen molar-refractivity contribution >= 4 is 33.1 Å².